The number of benzene rings is 2. The molecule has 4 rings (SSSR count). The fraction of sp³-hybridized carbons (Fsp3) is 0.500. The molecular weight excluding hydrogens is 498 g/mol. The number of likely N-dealkylation sites (tertiary alicyclic amines) is 1. The number of amides is 2. The van der Waals surface area contributed by atoms with Gasteiger partial charge in [-0.15, -0.1) is 0 Å². The monoisotopic (exact) mass is 535 g/mol. The van der Waals surface area contributed by atoms with Crippen LogP contribution in [0, 0.1) is 11.3 Å². The Morgan fingerprint density at radius 3 is 2.69 bits per heavy atom. The lowest BCUT2D eigenvalue weighted by Gasteiger charge is -2.37. The number of hydrogen-bond donors (Lipinski definition) is 1. The Morgan fingerprint density at radius 2 is 1.95 bits per heavy atom. The third-order valence-corrected chi connectivity index (χ3v) is 7.38. The van der Waals surface area contributed by atoms with Gasteiger partial charge in [0, 0.05) is 51.3 Å². The van der Waals surface area contributed by atoms with E-state index in [4.69, 9.17) is 19.5 Å². The highest BCUT2D eigenvalue weighted by Crippen LogP contribution is 2.34. The zero-order valence-electron chi connectivity index (χ0n) is 22.5. The lowest BCUT2D eigenvalue weighted by atomic mass is 9.87. The molecular formula is C30H37N3O6. The summed E-state index contributed by atoms with van der Waals surface area (Å²) in [5, 5.41) is 18.3. The molecule has 2 aliphatic heterocycles. The zero-order valence-corrected chi connectivity index (χ0v) is 22.5. The van der Waals surface area contributed by atoms with E-state index in [0.717, 1.165) is 41.0 Å². The van der Waals surface area contributed by atoms with Crippen molar-refractivity contribution in [2.24, 2.45) is 0 Å². The van der Waals surface area contributed by atoms with Crippen molar-refractivity contribution < 1.29 is 28.9 Å². The van der Waals surface area contributed by atoms with Crippen molar-refractivity contribution in [1.29, 1.82) is 5.26 Å². The number of aryl methyl sites for hydroxylation is 1. The molecule has 1 fully saturated rings. The van der Waals surface area contributed by atoms with Crippen molar-refractivity contribution in [1.82, 2.24) is 4.90 Å². The van der Waals surface area contributed by atoms with E-state index in [2.05, 4.69) is 12.1 Å². The minimum absolute atomic E-state index is 0.0398. The molecule has 0 spiro atoms. The Balaban J connectivity index is 1.45. The molecule has 0 radical (unpaired) electrons. The van der Waals surface area contributed by atoms with E-state index in [1.807, 2.05) is 41.3 Å². The van der Waals surface area contributed by atoms with Crippen LogP contribution < -0.4 is 9.64 Å². The van der Waals surface area contributed by atoms with Crippen molar-refractivity contribution in [2.45, 2.75) is 57.2 Å². The van der Waals surface area contributed by atoms with Crippen molar-refractivity contribution in [3.05, 3.63) is 59.2 Å². The van der Waals surface area contributed by atoms with Crippen LogP contribution in [0.2, 0.25) is 0 Å². The number of carbonyl (C=O) groups excluding carboxylic acids is 1. The first-order valence-electron chi connectivity index (χ1n) is 13.6. The number of carboxylic acid groups (broad SMARTS) is 1. The van der Waals surface area contributed by atoms with Gasteiger partial charge in [0.25, 0.3) is 0 Å². The van der Waals surface area contributed by atoms with E-state index in [1.165, 1.54) is 4.90 Å². The van der Waals surface area contributed by atoms with E-state index < -0.39 is 6.09 Å². The number of unbranched alkanes of at least 4 members (excludes halogenated alkanes) is 1. The summed E-state index contributed by atoms with van der Waals surface area (Å²) in [7, 11) is 1.66. The number of nitriles is 1. The predicted molar refractivity (Wildman–Crippen MR) is 146 cm³/mol. The first-order chi connectivity index (χ1) is 19.0. The minimum atomic E-state index is -0.942. The van der Waals surface area contributed by atoms with Gasteiger partial charge in [0.1, 0.15) is 5.75 Å². The Labute approximate surface area is 229 Å². The van der Waals surface area contributed by atoms with Gasteiger partial charge in [-0.05, 0) is 60.6 Å². The van der Waals surface area contributed by atoms with Gasteiger partial charge in [-0.3, -0.25) is 4.79 Å². The van der Waals surface area contributed by atoms with E-state index in [-0.39, 0.29) is 17.9 Å². The molecule has 9 nitrogen and oxygen atoms in total. The van der Waals surface area contributed by atoms with E-state index in [0.29, 0.717) is 65.1 Å². The third kappa shape index (κ3) is 7.49. The van der Waals surface area contributed by atoms with E-state index in [1.54, 1.807) is 7.11 Å². The molecule has 0 aliphatic carbocycles. The molecule has 2 aromatic rings. The van der Waals surface area contributed by atoms with Crippen molar-refractivity contribution in [2.75, 3.05) is 44.9 Å². The molecule has 2 aromatic carbocycles. The number of methoxy groups -OCH3 is 1. The molecule has 2 unspecified atom stereocenters. The Kier molecular flexibility index (Phi) is 10.2. The molecule has 9 heteroatoms. The molecule has 2 heterocycles. The van der Waals surface area contributed by atoms with Crippen LogP contribution in [0.3, 0.4) is 0 Å². The number of carbonyl (C=O) groups is 2. The van der Waals surface area contributed by atoms with Gasteiger partial charge in [0.05, 0.1) is 31.9 Å². The minimum Gasteiger partial charge on any atom is -0.494 e. The van der Waals surface area contributed by atoms with Gasteiger partial charge >= 0.3 is 6.09 Å². The topological polar surface area (TPSA) is 112 Å². The molecule has 2 aliphatic rings. The van der Waals surface area contributed by atoms with Crippen LogP contribution in [0.4, 0.5) is 10.5 Å². The van der Waals surface area contributed by atoms with Crippen LogP contribution in [0.25, 0.3) is 0 Å². The van der Waals surface area contributed by atoms with Crippen molar-refractivity contribution in [3.63, 3.8) is 0 Å². The quantitative estimate of drug-likeness (QED) is 0.391. The average Bonchev–Trinajstić information content (AvgIpc) is 2.95. The number of hydrogen-bond acceptors (Lipinski definition) is 6. The first kappa shape index (κ1) is 28.4. The summed E-state index contributed by atoms with van der Waals surface area (Å²) >= 11 is 0. The molecule has 0 aromatic heterocycles. The number of rotatable bonds is 12. The maximum absolute atomic E-state index is 12.6. The highest BCUT2D eigenvalue weighted by Gasteiger charge is 2.33. The summed E-state index contributed by atoms with van der Waals surface area (Å²) in [6.45, 7) is 2.76. The van der Waals surface area contributed by atoms with Crippen molar-refractivity contribution >= 4 is 17.7 Å². The van der Waals surface area contributed by atoms with Gasteiger partial charge in [0.15, 0.2) is 0 Å². The van der Waals surface area contributed by atoms with Gasteiger partial charge in [-0.25, -0.2) is 4.79 Å². The Bertz CT molecular complexity index is 1160. The maximum Gasteiger partial charge on any atom is 0.407 e. The second-order valence-electron chi connectivity index (χ2n) is 10.0. The Morgan fingerprint density at radius 1 is 1.13 bits per heavy atom. The Hall–Kier alpha value is -3.61. The number of nitrogens with zero attached hydrogens (tertiary/aromatic N) is 3. The average molecular weight is 536 g/mol. The normalized spacial score (nSPS) is 18.9. The molecule has 39 heavy (non-hydrogen) atoms. The summed E-state index contributed by atoms with van der Waals surface area (Å²) in [4.78, 5) is 27.6. The molecule has 0 bridgehead atoms. The molecule has 0 saturated carbocycles. The van der Waals surface area contributed by atoms with Gasteiger partial charge in [-0.1, -0.05) is 24.3 Å². The van der Waals surface area contributed by atoms with Crippen LogP contribution in [0.15, 0.2) is 42.5 Å². The summed E-state index contributed by atoms with van der Waals surface area (Å²) < 4.78 is 17.3. The highest BCUT2D eigenvalue weighted by molar-refractivity contribution is 5.96. The second kappa shape index (κ2) is 14.0. The van der Waals surface area contributed by atoms with Crippen LogP contribution >= 0.6 is 0 Å². The fourth-order valence-corrected chi connectivity index (χ4v) is 5.28. The van der Waals surface area contributed by atoms with Crippen LogP contribution in [-0.2, 0) is 27.3 Å². The standard InChI is InChI=1S/C30H37N3O6/c1-37-17-4-15-33-27-19-22(5-6-24(27)9-12-29(33)34)21-39-28-20-32(30(35)36)16-13-26(28)23-7-10-25(11-8-23)38-18-3-2-14-31/h5-8,10-11,19,26,28H,2-4,9,12-13,15-18,20-21H2,1H3,(H,35,36). The smallest absolute Gasteiger partial charge is 0.407 e. The molecule has 2 amide bonds. The number of anilines is 1. The van der Waals surface area contributed by atoms with Crippen molar-refractivity contribution in [3.8, 4) is 11.8 Å². The highest BCUT2D eigenvalue weighted by atomic mass is 16.5. The second-order valence-corrected chi connectivity index (χ2v) is 10.0. The van der Waals surface area contributed by atoms with Gasteiger partial charge in [0.2, 0.25) is 5.91 Å². The molecule has 208 valence electrons. The lowest BCUT2D eigenvalue weighted by Crippen LogP contribution is -2.46. The van der Waals surface area contributed by atoms with Crippen LogP contribution in [0.5, 0.6) is 5.75 Å². The number of fused-ring (bicyclic) bond motifs is 1. The summed E-state index contributed by atoms with van der Waals surface area (Å²) in [5.41, 5.74) is 4.11. The van der Waals surface area contributed by atoms with Gasteiger partial charge in [-0.2, -0.15) is 5.26 Å². The number of ether oxygens (including phenoxy) is 3. The van der Waals surface area contributed by atoms with Crippen LogP contribution in [-0.4, -0.2) is 68.1 Å². The first-order valence-corrected chi connectivity index (χ1v) is 13.6. The summed E-state index contributed by atoms with van der Waals surface area (Å²) in [6.07, 6.45) is 2.55. The molecule has 1 saturated heterocycles. The zero-order chi connectivity index (χ0) is 27.6. The fourth-order valence-electron chi connectivity index (χ4n) is 5.28. The molecule has 2 atom stereocenters. The van der Waals surface area contributed by atoms with Crippen LogP contribution in [0.1, 0.15) is 54.7 Å². The summed E-state index contributed by atoms with van der Waals surface area (Å²) in [6, 6.07) is 16.1. The maximum atomic E-state index is 12.6. The van der Waals surface area contributed by atoms with E-state index >= 15 is 0 Å². The van der Waals surface area contributed by atoms with E-state index in [9.17, 15) is 14.7 Å². The lowest BCUT2D eigenvalue weighted by molar-refractivity contribution is -0.118. The van der Waals surface area contributed by atoms with Gasteiger partial charge < -0.3 is 29.1 Å². The summed E-state index contributed by atoms with van der Waals surface area (Å²) in [5.74, 6) is 0.910. The SMILES string of the molecule is COCCCN1C(=O)CCc2ccc(COC3CN(C(=O)O)CCC3c3ccc(OCCCC#N)cc3)cc21. The predicted octanol–water partition coefficient (Wildman–Crippen LogP) is 4.74. The third-order valence-electron chi connectivity index (χ3n) is 7.38. The number of piperidine rings is 1. The molecule has 1 N–H and O–H groups in total. The largest absolute Gasteiger partial charge is 0.494 e.